The Balaban J connectivity index is 0.000000160. The number of imidazole rings is 2. The van der Waals surface area contributed by atoms with Crippen molar-refractivity contribution in [1.82, 2.24) is 39.0 Å². The van der Waals surface area contributed by atoms with E-state index >= 15 is 0 Å². The van der Waals surface area contributed by atoms with Crippen molar-refractivity contribution in [2.75, 3.05) is 10.6 Å². The summed E-state index contributed by atoms with van der Waals surface area (Å²) in [5, 5.41) is 22.2. The summed E-state index contributed by atoms with van der Waals surface area (Å²) >= 11 is 1.94. The summed E-state index contributed by atoms with van der Waals surface area (Å²) in [6.07, 6.45) is 3.01. The molecule has 0 spiro atoms. The second kappa shape index (κ2) is 17.5. The Kier molecular flexibility index (Phi) is 12.5. The van der Waals surface area contributed by atoms with Crippen LogP contribution in [0.15, 0.2) is 85.5 Å². The molecule has 0 aliphatic rings. The number of nitrogens with zero attached hydrogens (tertiary/aromatic N) is 8. The summed E-state index contributed by atoms with van der Waals surface area (Å²) in [6, 6.07) is 12.5. The Morgan fingerprint density at radius 1 is 0.569 bits per heavy atom. The highest BCUT2D eigenvalue weighted by Crippen LogP contribution is 2.30. The Morgan fingerprint density at radius 2 is 1.03 bits per heavy atom. The van der Waals surface area contributed by atoms with Crippen molar-refractivity contribution in [3.8, 4) is 11.4 Å². The predicted octanol–water partition coefficient (Wildman–Crippen LogP) is 6.96. The van der Waals surface area contributed by atoms with E-state index in [-0.39, 0.29) is 39.7 Å². The van der Waals surface area contributed by atoms with Crippen LogP contribution in [0.4, 0.5) is 58.1 Å². The second-order valence-electron chi connectivity index (χ2n) is 11.9. The standard InChI is InChI=1S/C18H11F4N5.C12H8F2IN5.C6H5BF2O2/c1-27-8-23-15-17(24-14-11(20)3-2-4-12(14)21)25-16(26-18(15)27)10-6-5-9(19)7-13(10)22;1-20-5-16-9-10(18-12(15)19-11(9)20)17-8-6(13)3-2-4-7(8)14;8-4-1-2-5(7(10)11)6(9)3-4/h2-8H,1H3,(H,24,25,26);2-5H,1H3,(H,17,18,19);1-3,10-11H. The van der Waals surface area contributed by atoms with Gasteiger partial charge in [-0.3, -0.25) is 0 Å². The number of halogens is 9. The molecule has 296 valence electrons. The molecule has 0 aliphatic carbocycles. The van der Waals surface area contributed by atoms with Gasteiger partial charge < -0.3 is 29.8 Å². The molecule has 8 rings (SSSR count). The molecule has 0 radical (unpaired) electrons. The van der Waals surface area contributed by atoms with E-state index in [1.165, 1.54) is 36.7 Å². The van der Waals surface area contributed by atoms with Crippen LogP contribution in [0.1, 0.15) is 0 Å². The first-order chi connectivity index (χ1) is 27.6. The SMILES string of the molecule is Cn1cnc2c(Nc3c(F)cccc3F)nc(-c3ccc(F)cc3F)nc21.Cn1cnc2c(Nc3c(F)cccc3F)nc(I)nc21.OB(O)c1ccc(F)cc1F. The molecule has 0 amide bonds. The van der Waals surface area contributed by atoms with Crippen molar-refractivity contribution in [1.29, 1.82) is 0 Å². The first-order valence-electron chi connectivity index (χ1n) is 16.3. The number of fused-ring (bicyclic) bond motifs is 2. The number of rotatable bonds is 6. The van der Waals surface area contributed by atoms with Crippen molar-refractivity contribution >= 4 is 80.5 Å². The van der Waals surface area contributed by atoms with Gasteiger partial charge in [-0.15, -0.1) is 0 Å². The number of aromatic nitrogens is 8. The molecule has 0 atom stereocenters. The Hall–Kier alpha value is -6.27. The molecule has 0 saturated heterocycles. The summed E-state index contributed by atoms with van der Waals surface area (Å²) in [6.45, 7) is 0. The highest BCUT2D eigenvalue weighted by molar-refractivity contribution is 14.1. The normalized spacial score (nSPS) is 10.8. The van der Waals surface area contributed by atoms with E-state index in [2.05, 4.69) is 40.5 Å². The average Bonchev–Trinajstić information content (AvgIpc) is 3.73. The lowest BCUT2D eigenvalue weighted by Gasteiger charge is -2.11. The average molecular weight is 918 g/mol. The molecule has 4 aromatic heterocycles. The first-order valence-corrected chi connectivity index (χ1v) is 17.4. The lowest BCUT2D eigenvalue weighted by Crippen LogP contribution is -2.32. The summed E-state index contributed by atoms with van der Waals surface area (Å²) in [5.41, 5.74) is 0.527. The zero-order valence-electron chi connectivity index (χ0n) is 29.5. The van der Waals surface area contributed by atoms with Gasteiger partial charge in [0.15, 0.2) is 43.6 Å². The van der Waals surface area contributed by atoms with E-state index in [4.69, 9.17) is 10.0 Å². The molecule has 4 N–H and O–H groups in total. The number of aryl methyl sites for hydroxylation is 2. The van der Waals surface area contributed by atoms with Crippen LogP contribution in [0.3, 0.4) is 0 Å². The van der Waals surface area contributed by atoms with Gasteiger partial charge in [-0.1, -0.05) is 18.2 Å². The van der Waals surface area contributed by atoms with Crippen LogP contribution in [0, 0.1) is 50.4 Å². The smallest absolute Gasteiger partial charge is 0.423 e. The minimum atomic E-state index is -1.89. The molecule has 0 fully saturated rings. The van der Waals surface area contributed by atoms with Crippen LogP contribution in [0.2, 0.25) is 0 Å². The monoisotopic (exact) mass is 918 g/mol. The van der Waals surface area contributed by atoms with Gasteiger partial charge in [-0.05, 0) is 42.5 Å². The van der Waals surface area contributed by atoms with Crippen molar-refractivity contribution in [3.05, 3.63) is 136 Å². The summed E-state index contributed by atoms with van der Waals surface area (Å²) < 4.78 is 111. The minimum absolute atomic E-state index is 0.0108. The van der Waals surface area contributed by atoms with E-state index in [9.17, 15) is 35.1 Å². The number of hydrogen-bond donors (Lipinski definition) is 4. The fourth-order valence-electron chi connectivity index (χ4n) is 5.13. The van der Waals surface area contributed by atoms with Crippen LogP contribution in [0.5, 0.6) is 0 Å². The Bertz CT molecular complexity index is 2750. The van der Waals surface area contributed by atoms with E-state index in [1.807, 2.05) is 22.6 Å². The topological polar surface area (TPSA) is 152 Å². The number of nitrogens with one attached hydrogen (secondary N) is 2. The van der Waals surface area contributed by atoms with E-state index in [0.717, 1.165) is 30.3 Å². The van der Waals surface area contributed by atoms with Crippen molar-refractivity contribution < 1.29 is 45.2 Å². The van der Waals surface area contributed by atoms with Gasteiger partial charge in [0.05, 0.1) is 18.2 Å². The number of para-hydroxylation sites is 2. The maximum absolute atomic E-state index is 14.2. The van der Waals surface area contributed by atoms with Gasteiger partial charge in [-0.2, -0.15) is 0 Å². The summed E-state index contributed by atoms with van der Waals surface area (Å²) in [5.74, 6) is -6.17. The van der Waals surface area contributed by atoms with Crippen molar-refractivity contribution in [2.45, 2.75) is 0 Å². The van der Waals surface area contributed by atoms with Crippen molar-refractivity contribution in [2.24, 2.45) is 14.1 Å². The maximum atomic E-state index is 14.2. The lowest BCUT2D eigenvalue weighted by atomic mass is 9.80. The van der Waals surface area contributed by atoms with Gasteiger partial charge in [0.2, 0.25) is 0 Å². The van der Waals surface area contributed by atoms with Gasteiger partial charge in [0.25, 0.3) is 0 Å². The number of benzene rings is 4. The van der Waals surface area contributed by atoms with Crippen molar-refractivity contribution in [3.63, 3.8) is 0 Å². The molecule has 58 heavy (non-hydrogen) atoms. The molecule has 4 heterocycles. The van der Waals surface area contributed by atoms with Gasteiger partial charge in [0.1, 0.15) is 57.9 Å². The van der Waals surface area contributed by atoms with Crippen LogP contribution in [-0.4, -0.2) is 56.2 Å². The molecule has 8 aromatic rings. The van der Waals surface area contributed by atoms with E-state index in [1.54, 1.807) is 29.6 Å². The van der Waals surface area contributed by atoms with Crippen LogP contribution in [-0.2, 0) is 14.1 Å². The van der Waals surface area contributed by atoms with Gasteiger partial charge >= 0.3 is 7.12 Å². The molecule has 4 aromatic carbocycles. The second-order valence-corrected chi connectivity index (χ2v) is 12.9. The predicted molar refractivity (Wildman–Crippen MR) is 206 cm³/mol. The fraction of sp³-hybridized carbons (Fsp3) is 0.0556. The molecule has 0 aliphatic heterocycles. The van der Waals surface area contributed by atoms with E-state index < -0.39 is 59.3 Å². The molecular weight excluding hydrogens is 894 g/mol. The summed E-state index contributed by atoms with van der Waals surface area (Å²) in [4.78, 5) is 25.0. The highest BCUT2D eigenvalue weighted by atomic mass is 127. The number of anilines is 4. The fourth-order valence-corrected chi connectivity index (χ4v) is 5.60. The van der Waals surface area contributed by atoms with Crippen LogP contribution in [0.25, 0.3) is 33.7 Å². The first kappa shape index (κ1) is 41.4. The zero-order valence-corrected chi connectivity index (χ0v) is 31.7. The summed E-state index contributed by atoms with van der Waals surface area (Å²) in [7, 11) is 1.54. The highest BCUT2D eigenvalue weighted by Gasteiger charge is 2.20. The van der Waals surface area contributed by atoms with Crippen LogP contribution < -0.4 is 16.1 Å². The Labute approximate surface area is 335 Å². The quantitative estimate of drug-likeness (QED) is 0.0597. The Morgan fingerprint density at radius 3 is 1.52 bits per heavy atom. The minimum Gasteiger partial charge on any atom is -0.423 e. The third-order valence-electron chi connectivity index (χ3n) is 7.92. The third-order valence-corrected chi connectivity index (χ3v) is 8.40. The molecule has 0 unspecified atom stereocenters. The third kappa shape index (κ3) is 9.13. The zero-order chi connectivity index (χ0) is 41.8. The maximum Gasteiger partial charge on any atom is 0.491 e. The molecule has 12 nitrogen and oxygen atoms in total. The molecule has 22 heteroatoms. The molecule has 0 bridgehead atoms. The van der Waals surface area contributed by atoms with Gasteiger partial charge in [0, 0.05) is 54.3 Å². The molecule has 0 saturated carbocycles. The van der Waals surface area contributed by atoms with Gasteiger partial charge in [-0.25, -0.2) is 65.0 Å². The van der Waals surface area contributed by atoms with Crippen LogP contribution >= 0.6 is 22.6 Å². The molecular formula is C36H24BF8IN10O2. The number of hydrogen-bond acceptors (Lipinski definition) is 10. The van der Waals surface area contributed by atoms with E-state index in [0.29, 0.717) is 32.8 Å². The largest absolute Gasteiger partial charge is 0.491 e. The lowest BCUT2D eigenvalue weighted by molar-refractivity contribution is 0.422.